The molecule has 20 heavy (non-hydrogen) atoms. The molecule has 0 spiro atoms. The lowest BCUT2D eigenvalue weighted by Gasteiger charge is -2.31. The average Bonchev–Trinajstić information content (AvgIpc) is 2.43. The van der Waals surface area contributed by atoms with Crippen molar-refractivity contribution in [3.63, 3.8) is 0 Å². The van der Waals surface area contributed by atoms with Crippen LogP contribution in [0.25, 0.3) is 0 Å². The number of carboxylic acid groups (broad SMARTS) is 1. The van der Waals surface area contributed by atoms with E-state index in [1.807, 2.05) is 0 Å². The molecule has 7 nitrogen and oxygen atoms in total. The first-order valence-corrected chi connectivity index (χ1v) is 6.83. The molecule has 1 N–H and O–H groups in total. The van der Waals surface area contributed by atoms with Crippen LogP contribution < -0.4 is 0 Å². The van der Waals surface area contributed by atoms with E-state index in [0.717, 1.165) is 19.4 Å². The van der Waals surface area contributed by atoms with Crippen molar-refractivity contribution in [2.75, 3.05) is 53.6 Å². The molecule has 0 radical (unpaired) electrons. The van der Waals surface area contributed by atoms with E-state index < -0.39 is 5.97 Å². The Balaban J connectivity index is 2.50. The van der Waals surface area contributed by atoms with Crippen molar-refractivity contribution in [2.24, 2.45) is 5.92 Å². The third-order valence-electron chi connectivity index (χ3n) is 3.28. The standard InChI is InChI=1S/C13H24N2O5/c1-14(8-11-4-3-6-20-10-11)13(18)15(5-7-19-2)9-12(16)17/h11H,3-10H2,1-2H3,(H,16,17). The largest absolute Gasteiger partial charge is 0.480 e. The van der Waals surface area contributed by atoms with Crippen LogP contribution in [0.3, 0.4) is 0 Å². The molecule has 0 bridgehead atoms. The van der Waals surface area contributed by atoms with E-state index in [1.165, 1.54) is 12.0 Å². The molecule has 1 unspecified atom stereocenters. The van der Waals surface area contributed by atoms with Gasteiger partial charge in [0.05, 0.1) is 13.2 Å². The van der Waals surface area contributed by atoms with Gasteiger partial charge in [-0.3, -0.25) is 4.79 Å². The van der Waals surface area contributed by atoms with Crippen LogP contribution in [0.1, 0.15) is 12.8 Å². The topological polar surface area (TPSA) is 79.3 Å². The number of nitrogens with zero attached hydrogens (tertiary/aromatic N) is 2. The number of hydrogen-bond acceptors (Lipinski definition) is 4. The molecule has 1 aliphatic rings. The summed E-state index contributed by atoms with van der Waals surface area (Å²) in [5.41, 5.74) is 0. The Labute approximate surface area is 119 Å². The highest BCUT2D eigenvalue weighted by molar-refractivity contribution is 5.80. The quantitative estimate of drug-likeness (QED) is 0.738. The van der Waals surface area contributed by atoms with Crippen molar-refractivity contribution in [2.45, 2.75) is 12.8 Å². The van der Waals surface area contributed by atoms with E-state index in [0.29, 0.717) is 25.7 Å². The Morgan fingerprint density at radius 3 is 2.75 bits per heavy atom. The number of hydrogen-bond donors (Lipinski definition) is 1. The molecule has 1 saturated heterocycles. The Bertz CT molecular complexity index is 318. The fourth-order valence-corrected chi connectivity index (χ4v) is 2.27. The number of amides is 2. The van der Waals surface area contributed by atoms with E-state index >= 15 is 0 Å². The van der Waals surface area contributed by atoms with Gasteiger partial charge in [0, 0.05) is 39.8 Å². The van der Waals surface area contributed by atoms with Crippen LogP contribution in [0.4, 0.5) is 4.79 Å². The van der Waals surface area contributed by atoms with Gasteiger partial charge in [-0.05, 0) is 12.8 Å². The summed E-state index contributed by atoms with van der Waals surface area (Å²) in [6, 6.07) is -0.282. The normalized spacial score (nSPS) is 18.6. The number of carbonyl (C=O) groups excluding carboxylic acids is 1. The summed E-state index contributed by atoms with van der Waals surface area (Å²) in [4.78, 5) is 25.9. The number of methoxy groups -OCH3 is 1. The van der Waals surface area contributed by atoms with E-state index in [-0.39, 0.29) is 19.1 Å². The molecule has 2 amide bonds. The van der Waals surface area contributed by atoms with Gasteiger partial charge < -0.3 is 24.4 Å². The lowest BCUT2D eigenvalue weighted by atomic mass is 10.0. The molecule has 1 rings (SSSR count). The molecule has 0 aromatic rings. The van der Waals surface area contributed by atoms with Crippen molar-refractivity contribution in [1.29, 1.82) is 0 Å². The highest BCUT2D eigenvalue weighted by Gasteiger charge is 2.23. The molecule has 1 atom stereocenters. The van der Waals surface area contributed by atoms with Crippen LogP contribution in [0.5, 0.6) is 0 Å². The van der Waals surface area contributed by atoms with Gasteiger partial charge in [-0.15, -0.1) is 0 Å². The zero-order chi connectivity index (χ0) is 15.0. The molecule has 116 valence electrons. The highest BCUT2D eigenvalue weighted by atomic mass is 16.5. The third kappa shape index (κ3) is 5.75. The van der Waals surface area contributed by atoms with Crippen molar-refractivity contribution < 1.29 is 24.2 Å². The second-order valence-electron chi connectivity index (χ2n) is 5.05. The predicted molar refractivity (Wildman–Crippen MR) is 72.7 cm³/mol. The van der Waals surface area contributed by atoms with Crippen molar-refractivity contribution in [3.05, 3.63) is 0 Å². The van der Waals surface area contributed by atoms with E-state index in [9.17, 15) is 9.59 Å². The summed E-state index contributed by atoms with van der Waals surface area (Å²) in [7, 11) is 3.21. The van der Waals surface area contributed by atoms with Crippen molar-refractivity contribution in [1.82, 2.24) is 9.80 Å². The highest BCUT2D eigenvalue weighted by Crippen LogP contribution is 2.15. The molecule has 7 heteroatoms. The van der Waals surface area contributed by atoms with Gasteiger partial charge in [0.25, 0.3) is 0 Å². The fourth-order valence-electron chi connectivity index (χ4n) is 2.27. The summed E-state index contributed by atoms with van der Waals surface area (Å²) >= 11 is 0. The minimum atomic E-state index is -1.02. The average molecular weight is 288 g/mol. The monoisotopic (exact) mass is 288 g/mol. The number of carbonyl (C=O) groups is 2. The molecular weight excluding hydrogens is 264 g/mol. The van der Waals surface area contributed by atoms with E-state index in [2.05, 4.69) is 0 Å². The number of aliphatic carboxylic acids is 1. The molecule has 1 fully saturated rings. The van der Waals surface area contributed by atoms with Crippen LogP contribution in [0.2, 0.25) is 0 Å². The maximum atomic E-state index is 12.3. The fraction of sp³-hybridized carbons (Fsp3) is 0.846. The third-order valence-corrected chi connectivity index (χ3v) is 3.28. The van der Waals surface area contributed by atoms with Gasteiger partial charge in [0.1, 0.15) is 6.54 Å². The van der Waals surface area contributed by atoms with Crippen LogP contribution in [-0.2, 0) is 14.3 Å². The number of urea groups is 1. The van der Waals surface area contributed by atoms with Gasteiger partial charge in [0.15, 0.2) is 0 Å². The Morgan fingerprint density at radius 2 is 2.20 bits per heavy atom. The van der Waals surface area contributed by atoms with Gasteiger partial charge >= 0.3 is 12.0 Å². The Kier molecular flexibility index (Phi) is 7.32. The lowest BCUT2D eigenvalue weighted by molar-refractivity contribution is -0.137. The number of carboxylic acids is 1. The minimum Gasteiger partial charge on any atom is -0.480 e. The molecule has 0 aromatic carbocycles. The van der Waals surface area contributed by atoms with Gasteiger partial charge in [0.2, 0.25) is 0 Å². The summed E-state index contributed by atoms with van der Waals surface area (Å²) < 4.78 is 10.3. The first-order valence-electron chi connectivity index (χ1n) is 6.83. The molecule has 0 saturated carbocycles. The number of ether oxygens (including phenoxy) is 2. The van der Waals surface area contributed by atoms with Crippen LogP contribution in [-0.4, -0.2) is 80.5 Å². The van der Waals surface area contributed by atoms with Gasteiger partial charge in [-0.1, -0.05) is 0 Å². The van der Waals surface area contributed by atoms with Gasteiger partial charge in [-0.2, -0.15) is 0 Å². The van der Waals surface area contributed by atoms with Crippen LogP contribution in [0.15, 0.2) is 0 Å². The molecule has 0 aliphatic carbocycles. The first-order chi connectivity index (χ1) is 9.54. The maximum absolute atomic E-state index is 12.3. The van der Waals surface area contributed by atoms with Gasteiger partial charge in [-0.25, -0.2) is 4.79 Å². The van der Waals surface area contributed by atoms with Crippen molar-refractivity contribution >= 4 is 12.0 Å². The Hall–Kier alpha value is -1.34. The second kappa shape index (κ2) is 8.76. The minimum absolute atomic E-state index is 0.271. The summed E-state index contributed by atoms with van der Waals surface area (Å²) in [5.74, 6) is -0.698. The maximum Gasteiger partial charge on any atom is 0.323 e. The van der Waals surface area contributed by atoms with Crippen molar-refractivity contribution in [3.8, 4) is 0 Å². The van der Waals surface area contributed by atoms with Crippen LogP contribution in [0, 0.1) is 5.92 Å². The predicted octanol–water partition coefficient (Wildman–Crippen LogP) is 0.498. The van der Waals surface area contributed by atoms with E-state index in [4.69, 9.17) is 14.6 Å². The smallest absolute Gasteiger partial charge is 0.323 e. The van der Waals surface area contributed by atoms with Crippen LogP contribution >= 0.6 is 0 Å². The van der Waals surface area contributed by atoms with E-state index in [1.54, 1.807) is 11.9 Å². The summed E-state index contributed by atoms with van der Waals surface area (Å²) in [6.45, 7) is 2.31. The number of rotatable bonds is 7. The zero-order valence-electron chi connectivity index (χ0n) is 12.2. The molecule has 1 aliphatic heterocycles. The molecule has 0 aromatic heterocycles. The summed E-state index contributed by atoms with van der Waals surface area (Å²) in [6.07, 6.45) is 2.05. The second-order valence-corrected chi connectivity index (χ2v) is 5.05. The zero-order valence-corrected chi connectivity index (χ0v) is 12.2. The SMILES string of the molecule is COCCN(CC(=O)O)C(=O)N(C)CC1CCCOC1. The lowest BCUT2D eigenvalue weighted by Crippen LogP contribution is -2.47. The molecule has 1 heterocycles. The molecular formula is C13H24N2O5. The summed E-state index contributed by atoms with van der Waals surface area (Å²) in [5, 5.41) is 8.86. The first kappa shape index (κ1) is 16.7. The Morgan fingerprint density at radius 1 is 1.45 bits per heavy atom.